The first-order valence-corrected chi connectivity index (χ1v) is 9.65. The molecule has 8 heteroatoms. The number of carbonyl (C=O) groups is 1. The summed E-state index contributed by atoms with van der Waals surface area (Å²) in [6.07, 6.45) is 0. The van der Waals surface area contributed by atoms with Crippen molar-refractivity contribution in [2.24, 2.45) is 5.73 Å². The number of carbonyl (C=O) groups excluding carboxylic acids is 1. The summed E-state index contributed by atoms with van der Waals surface area (Å²) in [4.78, 5) is 11.1. The van der Waals surface area contributed by atoms with Gasteiger partial charge in [0, 0.05) is 4.47 Å². The highest BCUT2D eigenvalue weighted by atomic mass is 79.9. The van der Waals surface area contributed by atoms with E-state index in [-0.39, 0.29) is 12.4 Å². The van der Waals surface area contributed by atoms with Crippen molar-refractivity contribution in [3.8, 4) is 5.75 Å². The molecule has 6 nitrogen and oxygen atoms in total. The lowest BCUT2D eigenvalue weighted by Crippen LogP contribution is -2.14. The molecular weight excluding hydrogens is 416 g/mol. The van der Waals surface area contributed by atoms with Crippen molar-refractivity contribution >= 4 is 33.6 Å². The largest absolute Gasteiger partial charge is 0.486 e. The van der Waals surface area contributed by atoms with Gasteiger partial charge in [0.15, 0.2) is 11.0 Å². The van der Waals surface area contributed by atoms with Gasteiger partial charge in [-0.2, -0.15) is 0 Å². The zero-order valence-corrected chi connectivity index (χ0v) is 16.2. The maximum Gasteiger partial charge on any atom is 0.227 e. The van der Waals surface area contributed by atoms with Crippen LogP contribution in [0.3, 0.4) is 0 Å². The summed E-state index contributed by atoms with van der Waals surface area (Å²) in [5.41, 5.74) is 6.36. The van der Waals surface area contributed by atoms with Crippen molar-refractivity contribution in [3.05, 3.63) is 70.5 Å². The van der Waals surface area contributed by atoms with Crippen LogP contribution in [0.2, 0.25) is 0 Å². The van der Waals surface area contributed by atoms with Gasteiger partial charge in [0.2, 0.25) is 5.91 Å². The number of rotatable bonds is 8. The fourth-order valence-electron chi connectivity index (χ4n) is 2.27. The molecule has 3 rings (SSSR count). The van der Waals surface area contributed by atoms with Gasteiger partial charge in [0.25, 0.3) is 0 Å². The molecule has 0 bridgehead atoms. The minimum atomic E-state index is -0.392. The number of hydrogen-bond acceptors (Lipinski definition) is 5. The maximum atomic E-state index is 11.1. The summed E-state index contributed by atoms with van der Waals surface area (Å²) in [5, 5.41) is 9.06. The van der Waals surface area contributed by atoms with Crippen LogP contribution in [0.25, 0.3) is 0 Å². The third-order valence-electron chi connectivity index (χ3n) is 3.50. The number of nitrogens with two attached hydrogens (primary N) is 1. The van der Waals surface area contributed by atoms with Gasteiger partial charge in [0.05, 0.1) is 12.3 Å². The Kier molecular flexibility index (Phi) is 6.30. The van der Waals surface area contributed by atoms with Gasteiger partial charge >= 0.3 is 0 Å². The van der Waals surface area contributed by atoms with Crippen molar-refractivity contribution in [3.63, 3.8) is 0 Å². The molecule has 2 N–H and O–H groups in total. The second-order valence-electron chi connectivity index (χ2n) is 5.47. The molecule has 1 heterocycles. The van der Waals surface area contributed by atoms with E-state index in [1.54, 1.807) is 0 Å². The van der Waals surface area contributed by atoms with Crippen LogP contribution in [0.4, 0.5) is 0 Å². The molecular formula is C18H17BrN4O2S. The van der Waals surface area contributed by atoms with Crippen LogP contribution in [0.15, 0.2) is 64.2 Å². The Morgan fingerprint density at radius 3 is 2.54 bits per heavy atom. The van der Waals surface area contributed by atoms with Crippen molar-refractivity contribution in [1.82, 2.24) is 14.8 Å². The van der Waals surface area contributed by atoms with Gasteiger partial charge in [-0.25, -0.2) is 0 Å². The predicted molar refractivity (Wildman–Crippen MR) is 104 cm³/mol. The van der Waals surface area contributed by atoms with E-state index in [2.05, 4.69) is 26.1 Å². The Balaban J connectivity index is 1.78. The zero-order valence-electron chi connectivity index (χ0n) is 13.8. The average Bonchev–Trinajstić information content (AvgIpc) is 3.02. The van der Waals surface area contributed by atoms with E-state index in [1.807, 2.05) is 59.2 Å². The fourth-order valence-corrected chi connectivity index (χ4v) is 3.23. The lowest BCUT2D eigenvalue weighted by atomic mass is 10.2. The number of halogens is 1. The van der Waals surface area contributed by atoms with Gasteiger partial charge in [-0.05, 0) is 29.8 Å². The summed E-state index contributed by atoms with van der Waals surface area (Å²) < 4.78 is 8.75. The third kappa shape index (κ3) is 5.09. The molecule has 0 fully saturated rings. The van der Waals surface area contributed by atoms with E-state index in [1.165, 1.54) is 11.8 Å². The topological polar surface area (TPSA) is 83.0 Å². The second-order valence-corrected chi connectivity index (χ2v) is 7.33. The molecule has 0 aliphatic rings. The highest BCUT2D eigenvalue weighted by molar-refractivity contribution is 9.10. The van der Waals surface area contributed by atoms with Crippen molar-refractivity contribution in [2.45, 2.75) is 18.3 Å². The molecule has 0 aliphatic heterocycles. The summed E-state index contributed by atoms with van der Waals surface area (Å²) in [6.45, 7) is 0.868. The predicted octanol–water partition coefficient (Wildman–Crippen LogP) is 3.25. The Morgan fingerprint density at radius 2 is 1.85 bits per heavy atom. The zero-order chi connectivity index (χ0) is 18.4. The van der Waals surface area contributed by atoms with Gasteiger partial charge in [-0.15, -0.1) is 10.2 Å². The minimum absolute atomic E-state index is 0.153. The SMILES string of the molecule is NC(=O)CSc1nnc(COc2ccc(Br)cc2)n1Cc1ccccc1. The number of thioether (sulfide) groups is 1. The highest BCUT2D eigenvalue weighted by Gasteiger charge is 2.14. The van der Waals surface area contributed by atoms with Gasteiger partial charge in [0.1, 0.15) is 12.4 Å². The van der Waals surface area contributed by atoms with Crippen molar-refractivity contribution < 1.29 is 9.53 Å². The number of nitrogens with zero attached hydrogens (tertiary/aromatic N) is 3. The number of amides is 1. The molecule has 2 aromatic carbocycles. The molecule has 0 unspecified atom stereocenters. The van der Waals surface area contributed by atoms with Crippen LogP contribution >= 0.6 is 27.7 Å². The minimum Gasteiger partial charge on any atom is -0.486 e. The number of benzene rings is 2. The number of aromatic nitrogens is 3. The lowest BCUT2D eigenvalue weighted by molar-refractivity contribution is -0.115. The molecule has 0 aliphatic carbocycles. The number of hydrogen-bond donors (Lipinski definition) is 1. The van der Waals surface area contributed by atoms with Crippen LogP contribution in [0.1, 0.15) is 11.4 Å². The lowest BCUT2D eigenvalue weighted by Gasteiger charge is -2.11. The van der Waals surface area contributed by atoms with E-state index in [4.69, 9.17) is 10.5 Å². The molecule has 1 amide bonds. The first kappa shape index (κ1) is 18.5. The van der Waals surface area contributed by atoms with Crippen LogP contribution in [0.5, 0.6) is 5.75 Å². The molecule has 0 saturated heterocycles. The van der Waals surface area contributed by atoms with Crippen LogP contribution < -0.4 is 10.5 Å². The number of primary amides is 1. The Bertz CT molecular complexity index is 869. The van der Waals surface area contributed by atoms with Gasteiger partial charge in [-0.1, -0.05) is 58.0 Å². The average molecular weight is 433 g/mol. The van der Waals surface area contributed by atoms with E-state index < -0.39 is 5.91 Å². The molecule has 26 heavy (non-hydrogen) atoms. The molecule has 0 atom stereocenters. The van der Waals surface area contributed by atoms with Crippen molar-refractivity contribution in [2.75, 3.05) is 5.75 Å². The van der Waals surface area contributed by atoms with E-state index in [0.717, 1.165) is 15.8 Å². The van der Waals surface area contributed by atoms with Crippen LogP contribution in [-0.4, -0.2) is 26.4 Å². The molecule has 0 radical (unpaired) electrons. The normalized spacial score (nSPS) is 10.7. The van der Waals surface area contributed by atoms with Crippen molar-refractivity contribution in [1.29, 1.82) is 0 Å². The van der Waals surface area contributed by atoms with Gasteiger partial charge < -0.3 is 10.5 Å². The smallest absolute Gasteiger partial charge is 0.227 e. The molecule has 3 aromatic rings. The van der Waals surface area contributed by atoms with Crippen LogP contribution in [-0.2, 0) is 17.9 Å². The molecule has 134 valence electrons. The Hall–Kier alpha value is -2.32. The second kappa shape index (κ2) is 8.86. The Morgan fingerprint density at radius 1 is 1.12 bits per heavy atom. The highest BCUT2D eigenvalue weighted by Crippen LogP contribution is 2.21. The van der Waals surface area contributed by atoms with E-state index >= 15 is 0 Å². The fraction of sp³-hybridized carbons (Fsp3) is 0.167. The monoisotopic (exact) mass is 432 g/mol. The van der Waals surface area contributed by atoms with Gasteiger partial charge in [-0.3, -0.25) is 9.36 Å². The first-order chi connectivity index (χ1) is 12.6. The molecule has 0 saturated carbocycles. The quantitative estimate of drug-likeness (QED) is 0.552. The van der Waals surface area contributed by atoms with E-state index in [0.29, 0.717) is 17.5 Å². The summed E-state index contributed by atoms with van der Waals surface area (Å²) in [5.74, 6) is 1.19. The first-order valence-electron chi connectivity index (χ1n) is 7.87. The number of ether oxygens (including phenoxy) is 1. The summed E-state index contributed by atoms with van der Waals surface area (Å²) in [6, 6.07) is 17.6. The molecule has 1 aromatic heterocycles. The standard InChI is InChI=1S/C18H17BrN4O2S/c19-14-6-8-15(9-7-14)25-11-17-21-22-18(26-12-16(20)24)23(17)10-13-4-2-1-3-5-13/h1-9H,10-12H2,(H2,20,24). The maximum absolute atomic E-state index is 11.1. The summed E-state index contributed by atoms with van der Waals surface area (Å²) in [7, 11) is 0. The van der Waals surface area contributed by atoms with Crippen LogP contribution in [0, 0.1) is 0 Å². The summed E-state index contributed by atoms with van der Waals surface area (Å²) >= 11 is 4.67. The Labute approximate surface area is 163 Å². The third-order valence-corrected chi connectivity index (χ3v) is 5.02. The molecule has 0 spiro atoms. The van der Waals surface area contributed by atoms with E-state index in [9.17, 15) is 4.79 Å².